The summed E-state index contributed by atoms with van der Waals surface area (Å²) in [6, 6.07) is 10.4. The van der Waals surface area contributed by atoms with Crippen LogP contribution in [-0.4, -0.2) is 22.3 Å². The average Bonchev–Trinajstić information content (AvgIpc) is 2.68. The molecule has 0 fully saturated rings. The molecule has 2 aromatic rings. The molecule has 3 N–H and O–H groups in total. The molecule has 0 unspecified atom stereocenters. The van der Waals surface area contributed by atoms with Crippen LogP contribution in [-0.2, 0) is 9.53 Å². The van der Waals surface area contributed by atoms with Gasteiger partial charge in [-0.15, -0.1) is 0 Å². The number of phenolic OH excluding ortho intramolecular Hbond substituents is 1. The van der Waals surface area contributed by atoms with Crippen molar-refractivity contribution in [3.05, 3.63) is 67.5 Å². The van der Waals surface area contributed by atoms with Gasteiger partial charge in [-0.2, -0.15) is 0 Å². The van der Waals surface area contributed by atoms with E-state index in [-0.39, 0.29) is 11.7 Å². The molecule has 0 aromatic heterocycles. The summed E-state index contributed by atoms with van der Waals surface area (Å²) in [5.41, 5.74) is 1.01. The topological polar surface area (TPSA) is 95.9 Å². The van der Waals surface area contributed by atoms with Crippen molar-refractivity contribution in [3.63, 3.8) is 0 Å². The third-order valence-corrected chi connectivity index (χ3v) is 5.85. The Morgan fingerprint density at radius 2 is 1.80 bits per heavy atom. The van der Waals surface area contributed by atoms with E-state index >= 15 is 0 Å². The van der Waals surface area contributed by atoms with Gasteiger partial charge in [0.2, 0.25) is 0 Å². The molecule has 0 heterocycles. The van der Waals surface area contributed by atoms with Crippen molar-refractivity contribution in [1.29, 1.82) is 0 Å². The first-order valence-corrected chi connectivity index (χ1v) is 11.4. The molecule has 0 radical (unpaired) electrons. The summed E-state index contributed by atoms with van der Waals surface area (Å²) >= 11 is 10.0. The van der Waals surface area contributed by atoms with Gasteiger partial charge >= 0.3 is 12.1 Å². The number of carbonyl (C=O) groups is 2. The van der Waals surface area contributed by atoms with Gasteiger partial charge < -0.3 is 14.9 Å². The highest BCUT2D eigenvalue weighted by molar-refractivity contribution is 9.11. The minimum atomic E-state index is -1.02. The summed E-state index contributed by atoms with van der Waals surface area (Å²) in [6.07, 6.45) is 2.24. The molecule has 2 aromatic carbocycles. The minimum Gasteiger partial charge on any atom is -0.506 e. The Labute approximate surface area is 199 Å². The van der Waals surface area contributed by atoms with Crippen molar-refractivity contribution in [1.82, 2.24) is 0 Å². The molecule has 2 rings (SSSR count). The van der Waals surface area contributed by atoms with Gasteiger partial charge in [-0.05, 0) is 71.1 Å². The van der Waals surface area contributed by atoms with Gasteiger partial charge in [0.05, 0.1) is 4.47 Å². The van der Waals surface area contributed by atoms with E-state index in [0.717, 1.165) is 10.5 Å². The standard InChI is InChI=1S/C21H20Br3NO5/c1-12(4-2-3-5-18(26)27)20(16-10-14(23)11-17(24)19(16)28)30-21(29)25-15-8-6-13(22)7-9-15/h3,5-12,20,28H,2,4H2,1H3,(H,25,29)(H,26,27)/b5-3+/t12-,20-/m1/s1. The van der Waals surface area contributed by atoms with Crippen LogP contribution in [0, 0.1) is 5.92 Å². The molecule has 0 aliphatic carbocycles. The molecule has 0 saturated carbocycles. The molecule has 0 spiro atoms. The first kappa shape index (κ1) is 24.4. The number of benzene rings is 2. The van der Waals surface area contributed by atoms with Crippen LogP contribution in [0.3, 0.4) is 0 Å². The molecular formula is C21H20Br3NO5. The zero-order valence-electron chi connectivity index (χ0n) is 15.9. The number of hydrogen-bond acceptors (Lipinski definition) is 4. The Morgan fingerprint density at radius 3 is 2.43 bits per heavy atom. The molecule has 6 nitrogen and oxygen atoms in total. The first-order chi connectivity index (χ1) is 14.2. The van der Waals surface area contributed by atoms with E-state index < -0.39 is 18.2 Å². The molecule has 0 saturated heterocycles. The molecule has 0 bridgehead atoms. The molecule has 1 amide bonds. The molecule has 160 valence electrons. The number of ether oxygens (including phenoxy) is 1. The zero-order valence-corrected chi connectivity index (χ0v) is 20.7. The Hall–Kier alpha value is -1.84. The van der Waals surface area contributed by atoms with Crippen molar-refractivity contribution >= 4 is 65.5 Å². The molecule has 2 atom stereocenters. The van der Waals surface area contributed by atoms with E-state index in [9.17, 15) is 14.7 Å². The number of anilines is 1. The molecule has 9 heteroatoms. The lowest BCUT2D eigenvalue weighted by atomic mass is 9.92. The van der Waals surface area contributed by atoms with Crippen LogP contribution in [0.1, 0.15) is 31.4 Å². The van der Waals surface area contributed by atoms with Crippen LogP contribution >= 0.6 is 47.8 Å². The number of halogens is 3. The Morgan fingerprint density at radius 1 is 1.13 bits per heavy atom. The zero-order chi connectivity index (χ0) is 22.3. The van der Waals surface area contributed by atoms with Crippen molar-refractivity contribution < 1.29 is 24.5 Å². The van der Waals surface area contributed by atoms with Gasteiger partial charge in [-0.3, -0.25) is 5.32 Å². The lowest BCUT2D eigenvalue weighted by Gasteiger charge is -2.26. The fourth-order valence-corrected chi connectivity index (χ4v) is 4.30. The highest BCUT2D eigenvalue weighted by atomic mass is 79.9. The number of amides is 1. The number of aliphatic carboxylic acids is 1. The second kappa shape index (κ2) is 11.5. The summed E-state index contributed by atoms with van der Waals surface area (Å²) in [4.78, 5) is 23.2. The van der Waals surface area contributed by atoms with Crippen LogP contribution in [0.25, 0.3) is 0 Å². The lowest BCUT2D eigenvalue weighted by molar-refractivity contribution is -0.131. The second-order valence-corrected chi connectivity index (χ2v) is 9.26. The van der Waals surface area contributed by atoms with Crippen LogP contribution in [0.4, 0.5) is 10.5 Å². The van der Waals surface area contributed by atoms with E-state index in [1.807, 2.05) is 6.92 Å². The number of carbonyl (C=O) groups excluding carboxylic acids is 1. The van der Waals surface area contributed by atoms with Crippen molar-refractivity contribution in [2.45, 2.75) is 25.9 Å². The number of hydrogen-bond donors (Lipinski definition) is 3. The molecule has 0 aliphatic heterocycles. The van der Waals surface area contributed by atoms with Gasteiger partial charge in [0.15, 0.2) is 0 Å². The number of rotatable bonds is 8. The van der Waals surface area contributed by atoms with Crippen LogP contribution in [0.15, 0.2) is 62.0 Å². The molecule has 0 aliphatic rings. The minimum absolute atomic E-state index is 0.0208. The van der Waals surface area contributed by atoms with E-state index in [1.54, 1.807) is 42.5 Å². The number of allylic oxidation sites excluding steroid dienone is 1. The van der Waals surface area contributed by atoms with Crippen molar-refractivity contribution in [2.75, 3.05) is 5.32 Å². The van der Waals surface area contributed by atoms with Gasteiger partial charge in [-0.25, -0.2) is 9.59 Å². The maximum absolute atomic E-state index is 12.5. The third kappa shape index (κ3) is 7.45. The van der Waals surface area contributed by atoms with Gasteiger partial charge in [0, 0.05) is 26.3 Å². The average molecular weight is 606 g/mol. The van der Waals surface area contributed by atoms with Crippen LogP contribution in [0.2, 0.25) is 0 Å². The van der Waals surface area contributed by atoms with Gasteiger partial charge in [-0.1, -0.05) is 44.9 Å². The van der Waals surface area contributed by atoms with Crippen LogP contribution < -0.4 is 5.32 Å². The highest BCUT2D eigenvalue weighted by Gasteiger charge is 2.27. The number of carboxylic acid groups (broad SMARTS) is 1. The quantitative estimate of drug-likeness (QED) is 0.281. The highest BCUT2D eigenvalue weighted by Crippen LogP contribution is 2.40. The summed E-state index contributed by atoms with van der Waals surface area (Å²) in [5, 5.41) is 21.9. The predicted octanol–water partition coefficient (Wildman–Crippen LogP) is 7.03. The largest absolute Gasteiger partial charge is 0.506 e. The summed E-state index contributed by atoms with van der Waals surface area (Å²) in [5.74, 6) is -1.24. The van der Waals surface area contributed by atoms with Crippen molar-refractivity contribution in [3.8, 4) is 5.75 Å². The van der Waals surface area contributed by atoms with Crippen molar-refractivity contribution in [2.24, 2.45) is 5.92 Å². The predicted molar refractivity (Wildman–Crippen MR) is 126 cm³/mol. The van der Waals surface area contributed by atoms with E-state index in [4.69, 9.17) is 9.84 Å². The maximum Gasteiger partial charge on any atom is 0.412 e. The number of nitrogens with one attached hydrogen (secondary N) is 1. The lowest BCUT2D eigenvalue weighted by Crippen LogP contribution is -2.22. The third-order valence-electron chi connectivity index (χ3n) is 4.25. The number of carboxylic acids is 1. The molecular weight excluding hydrogens is 586 g/mol. The monoisotopic (exact) mass is 603 g/mol. The Bertz CT molecular complexity index is 931. The van der Waals surface area contributed by atoms with Gasteiger partial charge in [0.1, 0.15) is 11.9 Å². The Balaban J connectivity index is 2.23. The summed E-state index contributed by atoms with van der Waals surface area (Å²) < 4.78 is 7.75. The summed E-state index contributed by atoms with van der Waals surface area (Å²) in [6.45, 7) is 1.88. The second-order valence-electron chi connectivity index (χ2n) is 6.58. The van der Waals surface area contributed by atoms with Gasteiger partial charge in [0.25, 0.3) is 0 Å². The molecule has 30 heavy (non-hydrogen) atoms. The first-order valence-electron chi connectivity index (χ1n) is 8.98. The van der Waals surface area contributed by atoms with E-state index in [1.165, 1.54) is 0 Å². The maximum atomic E-state index is 12.5. The summed E-state index contributed by atoms with van der Waals surface area (Å²) in [7, 11) is 0. The fraction of sp³-hybridized carbons (Fsp3) is 0.238. The van der Waals surface area contributed by atoms with Crippen LogP contribution in [0.5, 0.6) is 5.75 Å². The smallest absolute Gasteiger partial charge is 0.412 e. The Kier molecular flexibility index (Phi) is 9.38. The normalized spacial score (nSPS) is 13.1. The SMILES string of the molecule is C[C@H](CC/C=C/C(=O)O)[C@@H](OC(=O)Nc1ccc(Br)cc1)c1cc(Br)cc(Br)c1O. The fourth-order valence-electron chi connectivity index (χ4n) is 2.78. The van der Waals surface area contributed by atoms with E-state index in [2.05, 4.69) is 53.1 Å². The number of phenols is 1. The van der Waals surface area contributed by atoms with E-state index in [0.29, 0.717) is 33.0 Å². The number of aromatic hydroxyl groups is 1.